The zero-order valence-electron chi connectivity index (χ0n) is 14.7. The van der Waals surface area contributed by atoms with Crippen LogP contribution in [0.1, 0.15) is 54.8 Å². The Balaban J connectivity index is 1.52. The molecule has 2 aromatic rings. The summed E-state index contributed by atoms with van der Waals surface area (Å²) in [4.78, 5) is 17.4. The highest BCUT2D eigenvalue weighted by molar-refractivity contribution is 9.10. The minimum absolute atomic E-state index is 0.206. The van der Waals surface area contributed by atoms with Crippen molar-refractivity contribution in [1.29, 1.82) is 0 Å². The van der Waals surface area contributed by atoms with E-state index in [9.17, 15) is 4.79 Å². The summed E-state index contributed by atoms with van der Waals surface area (Å²) in [7, 11) is 0. The molecule has 3 nitrogen and oxygen atoms in total. The predicted molar refractivity (Wildman–Crippen MR) is 107 cm³/mol. The van der Waals surface area contributed by atoms with E-state index in [-0.39, 0.29) is 11.3 Å². The van der Waals surface area contributed by atoms with Crippen LogP contribution in [0.2, 0.25) is 0 Å². The first-order valence-electron chi connectivity index (χ1n) is 9.05. The smallest absolute Gasteiger partial charge is 0.230 e. The van der Waals surface area contributed by atoms with Crippen LogP contribution in [-0.4, -0.2) is 17.4 Å². The first-order valence-corrected chi connectivity index (χ1v) is 10.7. The van der Waals surface area contributed by atoms with Crippen LogP contribution in [0.5, 0.6) is 0 Å². The van der Waals surface area contributed by atoms with Crippen molar-refractivity contribution in [3.63, 3.8) is 0 Å². The summed E-state index contributed by atoms with van der Waals surface area (Å²) < 4.78 is 1.06. The van der Waals surface area contributed by atoms with Crippen LogP contribution in [0.3, 0.4) is 0 Å². The molecule has 1 aliphatic carbocycles. The Labute approximate surface area is 162 Å². The summed E-state index contributed by atoms with van der Waals surface area (Å²) in [6, 6.07) is 8.27. The second-order valence-corrected chi connectivity index (χ2v) is 8.75. The second kappa shape index (κ2) is 8.45. The van der Waals surface area contributed by atoms with E-state index in [4.69, 9.17) is 0 Å². The Kier molecular flexibility index (Phi) is 6.29. The van der Waals surface area contributed by atoms with Crippen molar-refractivity contribution in [2.24, 2.45) is 0 Å². The van der Waals surface area contributed by atoms with E-state index in [1.54, 1.807) is 11.3 Å². The topological polar surface area (TPSA) is 42.0 Å². The lowest BCUT2D eigenvalue weighted by molar-refractivity contribution is -0.126. The summed E-state index contributed by atoms with van der Waals surface area (Å²) in [6.45, 7) is 2.78. The zero-order chi connectivity index (χ0) is 17.7. The number of halogens is 1. The van der Waals surface area contributed by atoms with Crippen molar-refractivity contribution in [2.45, 2.75) is 57.3 Å². The van der Waals surface area contributed by atoms with Crippen LogP contribution in [-0.2, 0) is 16.6 Å². The number of aryl methyl sites for hydroxylation is 2. The standard InChI is InChI=1S/C20H25BrN2OS/c1-15-14-25-18(23-15)6-2-5-13-22-19(24)20(11-3-4-12-20)16-7-9-17(21)10-8-16/h7-10,14H,2-6,11-13H2,1H3,(H,22,24). The van der Waals surface area contributed by atoms with Gasteiger partial charge in [-0.2, -0.15) is 0 Å². The molecule has 0 saturated heterocycles. The molecule has 0 unspecified atom stereocenters. The van der Waals surface area contributed by atoms with E-state index < -0.39 is 0 Å². The summed E-state index contributed by atoms with van der Waals surface area (Å²) in [5.74, 6) is 0.206. The molecule has 1 N–H and O–H groups in total. The number of rotatable bonds is 7. The van der Waals surface area contributed by atoms with Crippen LogP contribution in [0.4, 0.5) is 0 Å². The molecule has 25 heavy (non-hydrogen) atoms. The van der Waals surface area contributed by atoms with E-state index in [1.165, 1.54) is 5.01 Å². The van der Waals surface area contributed by atoms with Gasteiger partial charge >= 0.3 is 0 Å². The Morgan fingerprint density at radius 1 is 1.24 bits per heavy atom. The normalized spacial score (nSPS) is 16.1. The molecule has 1 aromatic heterocycles. The lowest BCUT2D eigenvalue weighted by Gasteiger charge is -2.28. The fraction of sp³-hybridized carbons (Fsp3) is 0.500. The fourth-order valence-corrected chi connectivity index (χ4v) is 4.77. The van der Waals surface area contributed by atoms with Crippen molar-refractivity contribution in [1.82, 2.24) is 10.3 Å². The number of carbonyl (C=O) groups excluding carboxylic acids is 1. The number of benzene rings is 1. The van der Waals surface area contributed by atoms with E-state index in [2.05, 4.69) is 43.7 Å². The maximum Gasteiger partial charge on any atom is 0.230 e. The molecule has 0 aliphatic heterocycles. The molecule has 0 spiro atoms. The van der Waals surface area contributed by atoms with Gasteiger partial charge in [0.1, 0.15) is 0 Å². The van der Waals surface area contributed by atoms with E-state index in [0.29, 0.717) is 0 Å². The van der Waals surface area contributed by atoms with Gasteiger partial charge in [-0.1, -0.05) is 40.9 Å². The van der Waals surface area contributed by atoms with Crippen molar-refractivity contribution < 1.29 is 4.79 Å². The molecule has 0 atom stereocenters. The number of hydrogen-bond acceptors (Lipinski definition) is 3. The van der Waals surface area contributed by atoms with Crippen molar-refractivity contribution in [2.75, 3.05) is 6.54 Å². The van der Waals surface area contributed by atoms with Gasteiger partial charge in [-0.15, -0.1) is 11.3 Å². The lowest BCUT2D eigenvalue weighted by atomic mass is 9.78. The SMILES string of the molecule is Cc1csc(CCCCNC(=O)C2(c3ccc(Br)cc3)CCCC2)n1. The van der Waals surface area contributed by atoms with Crippen LogP contribution < -0.4 is 5.32 Å². The largest absolute Gasteiger partial charge is 0.355 e. The summed E-state index contributed by atoms with van der Waals surface area (Å²) >= 11 is 5.21. The Hall–Kier alpha value is -1.20. The molecule has 1 saturated carbocycles. The van der Waals surface area contributed by atoms with E-state index >= 15 is 0 Å². The third-order valence-electron chi connectivity index (χ3n) is 5.06. The third-order valence-corrected chi connectivity index (χ3v) is 6.61. The number of aromatic nitrogens is 1. The quantitative estimate of drug-likeness (QED) is 0.627. The molecule has 1 fully saturated rings. The van der Waals surface area contributed by atoms with Gasteiger partial charge in [0.25, 0.3) is 0 Å². The molecular formula is C20H25BrN2OS. The first-order chi connectivity index (χ1) is 12.1. The van der Waals surface area contributed by atoms with Gasteiger partial charge in [0.05, 0.1) is 10.4 Å². The van der Waals surface area contributed by atoms with Gasteiger partial charge in [-0.05, 0) is 56.7 Å². The minimum atomic E-state index is -0.326. The fourth-order valence-electron chi connectivity index (χ4n) is 3.68. The van der Waals surface area contributed by atoms with Crippen molar-refractivity contribution in [3.8, 4) is 0 Å². The molecule has 134 valence electrons. The number of hydrogen-bond donors (Lipinski definition) is 1. The highest BCUT2D eigenvalue weighted by Gasteiger charge is 2.42. The number of nitrogens with one attached hydrogen (secondary N) is 1. The molecule has 5 heteroatoms. The highest BCUT2D eigenvalue weighted by atomic mass is 79.9. The predicted octanol–water partition coefficient (Wildman–Crippen LogP) is 5.16. The third kappa shape index (κ3) is 4.50. The molecule has 1 aliphatic rings. The molecular weight excluding hydrogens is 396 g/mol. The number of thiazole rings is 1. The molecule has 3 rings (SSSR count). The van der Waals surface area contributed by atoms with E-state index in [0.717, 1.165) is 67.2 Å². The van der Waals surface area contributed by atoms with Crippen LogP contribution in [0.25, 0.3) is 0 Å². The average molecular weight is 421 g/mol. The Morgan fingerprint density at radius 3 is 2.60 bits per heavy atom. The summed E-state index contributed by atoms with van der Waals surface area (Å²) in [5.41, 5.74) is 1.93. The van der Waals surface area contributed by atoms with Crippen LogP contribution in [0, 0.1) is 6.92 Å². The average Bonchev–Trinajstić information content (AvgIpc) is 3.25. The highest BCUT2D eigenvalue weighted by Crippen LogP contribution is 2.41. The van der Waals surface area contributed by atoms with Crippen molar-refractivity contribution >= 4 is 33.2 Å². The van der Waals surface area contributed by atoms with Gasteiger partial charge in [-0.25, -0.2) is 4.98 Å². The van der Waals surface area contributed by atoms with Crippen molar-refractivity contribution in [3.05, 3.63) is 50.4 Å². The second-order valence-electron chi connectivity index (χ2n) is 6.89. The maximum absolute atomic E-state index is 13.0. The maximum atomic E-state index is 13.0. The first kappa shape index (κ1) is 18.6. The molecule has 1 aromatic carbocycles. The lowest BCUT2D eigenvalue weighted by Crippen LogP contribution is -2.43. The number of carbonyl (C=O) groups is 1. The zero-order valence-corrected chi connectivity index (χ0v) is 17.1. The monoisotopic (exact) mass is 420 g/mol. The van der Waals surface area contributed by atoms with Crippen LogP contribution >= 0.6 is 27.3 Å². The van der Waals surface area contributed by atoms with Gasteiger partial charge in [0.2, 0.25) is 5.91 Å². The van der Waals surface area contributed by atoms with E-state index in [1.807, 2.05) is 19.1 Å². The van der Waals surface area contributed by atoms with Gasteiger partial charge in [0, 0.05) is 22.1 Å². The van der Waals surface area contributed by atoms with Crippen LogP contribution in [0.15, 0.2) is 34.1 Å². The molecule has 1 amide bonds. The van der Waals surface area contributed by atoms with Gasteiger partial charge < -0.3 is 5.32 Å². The molecule has 1 heterocycles. The van der Waals surface area contributed by atoms with Gasteiger partial charge in [0.15, 0.2) is 0 Å². The summed E-state index contributed by atoms with van der Waals surface area (Å²) in [6.07, 6.45) is 7.25. The molecule has 0 bridgehead atoms. The number of unbranched alkanes of at least 4 members (excludes halogenated alkanes) is 1. The Morgan fingerprint density at radius 2 is 1.96 bits per heavy atom. The number of nitrogens with zero attached hydrogens (tertiary/aromatic N) is 1. The van der Waals surface area contributed by atoms with Gasteiger partial charge in [-0.3, -0.25) is 4.79 Å². The Bertz CT molecular complexity index is 705. The summed E-state index contributed by atoms with van der Waals surface area (Å²) in [5, 5.41) is 6.50. The minimum Gasteiger partial charge on any atom is -0.355 e. The molecule has 0 radical (unpaired) electrons. The number of amides is 1.